The number of ether oxygens (including phenoxy) is 2. The summed E-state index contributed by atoms with van der Waals surface area (Å²) in [6.07, 6.45) is 5.03. The number of hydrogen-bond acceptors (Lipinski definition) is 5. The Balaban J connectivity index is 1.64. The molecule has 2 fully saturated rings. The summed E-state index contributed by atoms with van der Waals surface area (Å²) < 4.78 is 11.4. The summed E-state index contributed by atoms with van der Waals surface area (Å²) in [5.41, 5.74) is 0.458. The van der Waals surface area contributed by atoms with Crippen molar-refractivity contribution in [1.29, 1.82) is 0 Å². The van der Waals surface area contributed by atoms with Crippen molar-refractivity contribution in [2.45, 2.75) is 38.3 Å². The second-order valence-corrected chi connectivity index (χ2v) is 10.1. The number of imide groups is 1. The third-order valence-electron chi connectivity index (χ3n) is 7.92. The lowest BCUT2D eigenvalue weighted by molar-refractivity contribution is -0.159. The second kappa shape index (κ2) is 8.99. The van der Waals surface area contributed by atoms with E-state index in [0.717, 1.165) is 24.0 Å². The van der Waals surface area contributed by atoms with E-state index in [1.807, 2.05) is 86.7 Å². The molecule has 0 radical (unpaired) electrons. The van der Waals surface area contributed by atoms with Gasteiger partial charge in [0.2, 0.25) is 5.91 Å². The van der Waals surface area contributed by atoms with Crippen molar-refractivity contribution in [3.05, 3.63) is 83.9 Å². The van der Waals surface area contributed by atoms with E-state index in [9.17, 15) is 14.4 Å². The molecule has 0 N–H and O–H groups in total. The van der Waals surface area contributed by atoms with Crippen LogP contribution in [0.2, 0.25) is 0 Å². The molecule has 0 aromatic heterocycles. The third kappa shape index (κ3) is 3.58. The van der Waals surface area contributed by atoms with Crippen LogP contribution in [0.1, 0.15) is 37.8 Å². The summed E-state index contributed by atoms with van der Waals surface area (Å²) in [6.45, 7) is 4.00. The topological polar surface area (TPSA) is 72.9 Å². The Bertz CT molecular complexity index is 1100. The van der Waals surface area contributed by atoms with Crippen LogP contribution in [0.15, 0.2) is 72.8 Å². The van der Waals surface area contributed by atoms with Crippen LogP contribution >= 0.6 is 0 Å². The zero-order valence-corrected chi connectivity index (χ0v) is 20.3. The molecule has 2 amide bonds. The van der Waals surface area contributed by atoms with Gasteiger partial charge in [0.25, 0.3) is 0 Å². The second-order valence-electron chi connectivity index (χ2n) is 10.1. The van der Waals surface area contributed by atoms with Crippen LogP contribution < -0.4 is 0 Å². The molecule has 2 aromatic carbocycles. The van der Waals surface area contributed by atoms with Crippen LogP contribution in [0.5, 0.6) is 0 Å². The first kappa shape index (κ1) is 23.3. The first-order valence-corrected chi connectivity index (χ1v) is 12.3. The molecule has 6 heteroatoms. The zero-order chi connectivity index (χ0) is 24.7. The van der Waals surface area contributed by atoms with Gasteiger partial charge in [-0.1, -0.05) is 86.7 Å². The lowest BCUT2D eigenvalue weighted by Gasteiger charge is -2.44. The van der Waals surface area contributed by atoms with Crippen molar-refractivity contribution < 1.29 is 23.9 Å². The molecule has 4 aliphatic rings. The van der Waals surface area contributed by atoms with E-state index < -0.39 is 35.5 Å². The summed E-state index contributed by atoms with van der Waals surface area (Å²) in [4.78, 5) is 42.0. The fourth-order valence-corrected chi connectivity index (χ4v) is 6.48. The molecular weight excluding hydrogens is 442 g/mol. The predicted octanol–water partition coefficient (Wildman–Crippen LogP) is 4.94. The highest BCUT2D eigenvalue weighted by molar-refractivity contribution is 5.98. The molecule has 1 saturated heterocycles. The van der Waals surface area contributed by atoms with Gasteiger partial charge in [-0.05, 0) is 30.6 Å². The molecule has 2 aromatic rings. The van der Waals surface area contributed by atoms with Crippen molar-refractivity contribution in [2.75, 3.05) is 7.11 Å². The minimum Gasteiger partial charge on any atom is -0.469 e. The number of fused-ring (bicyclic) bond motifs is 2. The third-order valence-corrected chi connectivity index (χ3v) is 7.92. The van der Waals surface area contributed by atoms with Gasteiger partial charge in [0, 0.05) is 11.1 Å². The standard InChI is InChI=1S/C29H31NO5/c1-18(2)25-29(21-10-6-4-7-11-21,22-12-8-5-9-13-22)35-28(33)30(25)26(31)23-19-14-16-20(17-15-19)24(23)27(32)34-3/h4-14,16,18-20,23-25H,15,17H2,1-3H3/t19-,20+,23-,24+,25+/m1/s1. The average molecular weight is 474 g/mol. The SMILES string of the molecule is COC(=O)[C@@H]1[C@H](C(=O)N2C(=O)OC(c3ccccc3)(c3ccccc3)[C@@H]2C(C)C)[C@@H]2C=C[C@H]1CC2. The molecule has 1 heterocycles. The van der Waals surface area contributed by atoms with Crippen molar-refractivity contribution in [3.63, 3.8) is 0 Å². The summed E-state index contributed by atoms with van der Waals surface area (Å²) in [5, 5.41) is 0. The van der Waals surface area contributed by atoms with Crippen LogP contribution in [0.4, 0.5) is 4.79 Å². The Morgan fingerprint density at radius 3 is 1.89 bits per heavy atom. The first-order chi connectivity index (χ1) is 16.9. The van der Waals surface area contributed by atoms with Crippen LogP contribution in [0.25, 0.3) is 0 Å². The molecule has 5 atom stereocenters. The van der Waals surface area contributed by atoms with Crippen LogP contribution in [0.3, 0.4) is 0 Å². The van der Waals surface area contributed by atoms with Gasteiger partial charge < -0.3 is 9.47 Å². The summed E-state index contributed by atoms with van der Waals surface area (Å²) >= 11 is 0. The Hall–Kier alpha value is -3.41. The summed E-state index contributed by atoms with van der Waals surface area (Å²) in [6, 6.07) is 18.6. The molecule has 1 saturated carbocycles. The van der Waals surface area contributed by atoms with Crippen LogP contribution in [-0.2, 0) is 24.7 Å². The Labute approximate surface area is 205 Å². The lowest BCUT2D eigenvalue weighted by Crippen LogP contribution is -2.55. The number of amides is 2. The summed E-state index contributed by atoms with van der Waals surface area (Å²) in [5.74, 6) is -2.28. The Morgan fingerprint density at radius 2 is 1.43 bits per heavy atom. The molecule has 35 heavy (non-hydrogen) atoms. The summed E-state index contributed by atoms with van der Waals surface area (Å²) in [7, 11) is 1.35. The molecular formula is C29H31NO5. The fraction of sp³-hybridized carbons (Fsp3) is 0.414. The lowest BCUT2D eigenvalue weighted by atomic mass is 9.61. The zero-order valence-electron chi connectivity index (χ0n) is 20.3. The van der Waals surface area contributed by atoms with Gasteiger partial charge in [0.15, 0.2) is 5.60 Å². The normalized spacial score (nSPS) is 28.7. The Kier molecular flexibility index (Phi) is 5.99. The maximum absolute atomic E-state index is 14.3. The van der Waals surface area contributed by atoms with Gasteiger partial charge >= 0.3 is 12.1 Å². The number of allylic oxidation sites excluding steroid dienone is 2. The molecule has 6 rings (SSSR count). The van der Waals surface area contributed by atoms with E-state index in [-0.39, 0.29) is 23.7 Å². The highest BCUT2D eigenvalue weighted by atomic mass is 16.6. The number of methoxy groups -OCH3 is 1. The number of rotatable bonds is 5. The average Bonchev–Trinajstić information content (AvgIpc) is 3.23. The van der Waals surface area contributed by atoms with Crippen LogP contribution in [-0.4, -0.2) is 36.0 Å². The van der Waals surface area contributed by atoms with Gasteiger partial charge in [0.1, 0.15) is 0 Å². The number of nitrogens with zero attached hydrogens (tertiary/aromatic N) is 1. The van der Waals surface area contributed by atoms with Gasteiger partial charge in [0.05, 0.1) is 25.0 Å². The quantitative estimate of drug-likeness (QED) is 0.455. The van der Waals surface area contributed by atoms with E-state index in [1.165, 1.54) is 12.0 Å². The molecule has 0 unspecified atom stereocenters. The van der Waals surface area contributed by atoms with Crippen molar-refractivity contribution >= 4 is 18.0 Å². The molecule has 6 nitrogen and oxygen atoms in total. The Morgan fingerprint density at radius 1 is 0.914 bits per heavy atom. The molecule has 3 aliphatic carbocycles. The van der Waals surface area contributed by atoms with Crippen molar-refractivity contribution in [2.24, 2.45) is 29.6 Å². The van der Waals surface area contributed by atoms with E-state index in [2.05, 4.69) is 0 Å². The fourth-order valence-electron chi connectivity index (χ4n) is 6.48. The van der Waals surface area contributed by atoms with Crippen molar-refractivity contribution in [1.82, 2.24) is 4.90 Å². The number of hydrogen-bond donors (Lipinski definition) is 0. The van der Waals surface area contributed by atoms with Gasteiger partial charge in [-0.2, -0.15) is 0 Å². The largest absolute Gasteiger partial charge is 0.469 e. The maximum atomic E-state index is 14.3. The maximum Gasteiger partial charge on any atom is 0.418 e. The number of carbonyl (C=O) groups excluding carboxylic acids is 3. The van der Waals surface area contributed by atoms with E-state index in [4.69, 9.17) is 9.47 Å². The van der Waals surface area contributed by atoms with E-state index in [0.29, 0.717) is 0 Å². The van der Waals surface area contributed by atoms with Gasteiger partial charge in [-0.25, -0.2) is 9.69 Å². The van der Waals surface area contributed by atoms with E-state index in [1.54, 1.807) is 0 Å². The predicted molar refractivity (Wildman–Crippen MR) is 130 cm³/mol. The highest BCUT2D eigenvalue weighted by Crippen LogP contribution is 2.51. The highest BCUT2D eigenvalue weighted by Gasteiger charge is 2.62. The van der Waals surface area contributed by atoms with E-state index >= 15 is 0 Å². The number of cyclic esters (lactones) is 1. The number of benzene rings is 2. The smallest absolute Gasteiger partial charge is 0.418 e. The molecule has 0 spiro atoms. The van der Waals surface area contributed by atoms with Crippen LogP contribution in [0, 0.1) is 29.6 Å². The number of esters is 1. The molecule has 182 valence electrons. The number of carbonyl (C=O) groups is 3. The van der Waals surface area contributed by atoms with Gasteiger partial charge in [-0.3, -0.25) is 9.59 Å². The minimum atomic E-state index is -1.16. The minimum absolute atomic E-state index is 0.0643. The first-order valence-electron chi connectivity index (χ1n) is 12.3. The molecule has 1 aliphatic heterocycles. The monoisotopic (exact) mass is 473 g/mol. The van der Waals surface area contributed by atoms with Gasteiger partial charge in [-0.15, -0.1) is 0 Å². The van der Waals surface area contributed by atoms with Crippen molar-refractivity contribution in [3.8, 4) is 0 Å². The molecule has 2 bridgehead atoms.